The predicted molar refractivity (Wildman–Crippen MR) is 95.6 cm³/mol. The molecule has 24 heavy (non-hydrogen) atoms. The number of para-hydroxylation sites is 1. The van der Waals surface area contributed by atoms with Gasteiger partial charge in [-0.2, -0.15) is 0 Å². The van der Waals surface area contributed by atoms with E-state index in [1.54, 1.807) is 6.07 Å². The molecule has 1 atom stereocenters. The third-order valence-corrected chi connectivity index (χ3v) is 5.53. The number of hydrogen-bond acceptors (Lipinski definition) is 4. The predicted octanol–water partition coefficient (Wildman–Crippen LogP) is 2.96. The Hall–Kier alpha value is -2.34. The summed E-state index contributed by atoms with van der Waals surface area (Å²) in [5.74, 6) is 0.0117. The van der Waals surface area contributed by atoms with Crippen LogP contribution in [0.1, 0.15) is 28.1 Å². The number of carbonyl (C=O) groups excluding carboxylic acids is 2. The van der Waals surface area contributed by atoms with E-state index < -0.39 is 0 Å². The normalized spacial score (nSPS) is 19.0. The monoisotopic (exact) mass is 341 g/mol. The number of fused-ring (bicyclic) bond motifs is 1. The van der Waals surface area contributed by atoms with Crippen LogP contribution in [0.5, 0.6) is 0 Å². The summed E-state index contributed by atoms with van der Waals surface area (Å²) in [4.78, 5) is 27.4. The van der Waals surface area contributed by atoms with Crippen molar-refractivity contribution in [1.29, 1.82) is 0 Å². The molecule has 2 aliphatic rings. The lowest BCUT2D eigenvalue weighted by molar-refractivity contribution is -0.116. The highest BCUT2D eigenvalue weighted by Gasteiger charge is 2.27. The maximum absolute atomic E-state index is 12.5. The smallest absolute Gasteiger partial charge is 0.263 e. The molecule has 6 heteroatoms. The van der Waals surface area contributed by atoms with Crippen molar-refractivity contribution in [2.75, 3.05) is 23.7 Å². The number of carbonyl (C=O) groups is 2. The molecule has 1 aromatic carbocycles. The first kappa shape index (κ1) is 15.2. The minimum Gasteiger partial charge on any atom is -0.373 e. The number of thiophene rings is 1. The van der Waals surface area contributed by atoms with E-state index in [-0.39, 0.29) is 17.9 Å². The molecule has 2 N–H and O–H groups in total. The molecule has 1 saturated heterocycles. The van der Waals surface area contributed by atoms with Crippen molar-refractivity contribution in [3.63, 3.8) is 0 Å². The molecule has 0 unspecified atom stereocenters. The van der Waals surface area contributed by atoms with Crippen molar-refractivity contribution >= 4 is 33.8 Å². The molecule has 0 spiro atoms. The Bertz CT molecular complexity index is 755. The van der Waals surface area contributed by atoms with E-state index in [4.69, 9.17) is 0 Å². The van der Waals surface area contributed by atoms with E-state index >= 15 is 0 Å². The van der Waals surface area contributed by atoms with E-state index in [1.807, 2.05) is 35.2 Å². The Kier molecular flexibility index (Phi) is 3.98. The van der Waals surface area contributed by atoms with Crippen LogP contribution in [0.3, 0.4) is 0 Å². The Labute approximate surface area is 144 Å². The number of nitrogens with zero attached hydrogens (tertiary/aromatic N) is 1. The minimum atomic E-state index is -0.262. The molecular formula is C18H19N3O2S. The van der Waals surface area contributed by atoms with Crippen molar-refractivity contribution in [2.45, 2.75) is 25.3 Å². The largest absolute Gasteiger partial charge is 0.373 e. The van der Waals surface area contributed by atoms with Crippen LogP contribution in [0.4, 0.5) is 10.7 Å². The summed E-state index contributed by atoms with van der Waals surface area (Å²) in [5, 5.41) is 6.90. The first-order valence-electron chi connectivity index (χ1n) is 8.25. The highest BCUT2D eigenvalue weighted by Crippen LogP contribution is 2.28. The number of nitrogens with one attached hydrogen (secondary N) is 2. The molecular weight excluding hydrogens is 322 g/mol. The maximum atomic E-state index is 12.5. The van der Waals surface area contributed by atoms with Gasteiger partial charge in [-0.1, -0.05) is 18.2 Å². The Balaban J connectivity index is 1.39. The van der Waals surface area contributed by atoms with Gasteiger partial charge in [-0.25, -0.2) is 0 Å². The van der Waals surface area contributed by atoms with Crippen LogP contribution in [0.25, 0.3) is 0 Å². The lowest BCUT2D eigenvalue weighted by atomic mass is 10.1. The average Bonchev–Trinajstić information content (AvgIpc) is 3.33. The quantitative estimate of drug-likeness (QED) is 0.902. The van der Waals surface area contributed by atoms with E-state index in [0.29, 0.717) is 11.3 Å². The van der Waals surface area contributed by atoms with Crippen molar-refractivity contribution < 1.29 is 9.59 Å². The SMILES string of the molecule is O=C(Nc1ccc(C(=O)N2CCCC2)s1)[C@@H]1Cc2ccccc2N1. The van der Waals surface area contributed by atoms with Gasteiger partial charge in [-0.05, 0) is 36.6 Å². The number of amides is 2. The third-order valence-electron chi connectivity index (χ3n) is 4.54. The van der Waals surface area contributed by atoms with Crippen LogP contribution in [0, 0.1) is 0 Å². The summed E-state index contributed by atoms with van der Waals surface area (Å²) in [6.45, 7) is 1.67. The van der Waals surface area contributed by atoms with E-state index in [2.05, 4.69) is 10.6 Å². The van der Waals surface area contributed by atoms with Gasteiger partial charge in [-0.3, -0.25) is 9.59 Å². The van der Waals surface area contributed by atoms with Crippen molar-refractivity contribution in [3.05, 3.63) is 46.8 Å². The third kappa shape index (κ3) is 2.89. The molecule has 0 bridgehead atoms. The summed E-state index contributed by atoms with van der Waals surface area (Å²) < 4.78 is 0. The summed E-state index contributed by atoms with van der Waals surface area (Å²) in [6.07, 6.45) is 2.84. The standard InChI is InChI=1S/C18H19N3O2S/c22-17(14-11-12-5-1-2-6-13(12)19-14)20-16-8-7-15(24-16)18(23)21-9-3-4-10-21/h1-2,5-8,14,19H,3-4,9-11H2,(H,20,22)/t14-/m0/s1. The number of benzene rings is 1. The highest BCUT2D eigenvalue weighted by atomic mass is 32.1. The lowest BCUT2D eigenvalue weighted by Gasteiger charge is -2.13. The molecule has 1 fully saturated rings. The van der Waals surface area contributed by atoms with Crippen LogP contribution >= 0.6 is 11.3 Å². The summed E-state index contributed by atoms with van der Waals surface area (Å²) >= 11 is 1.35. The highest BCUT2D eigenvalue weighted by molar-refractivity contribution is 7.18. The average molecular weight is 341 g/mol. The van der Waals surface area contributed by atoms with Gasteiger partial charge in [0.25, 0.3) is 5.91 Å². The maximum Gasteiger partial charge on any atom is 0.263 e. The van der Waals surface area contributed by atoms with Crippen LogP contribution < -0.4 is 10.6 Å². The minimum absolute atomic E-state index is 0.0618. The second-order valence-corrected chi connectivity index (χ2v) is 7.29. The summed E-state index contributed by atoms with van der Waals surface area (Å²) in [6, 6.07) is 11.3. The Morgan fingerprint density at radius 2 is 1.92 bits per heavy atom. The molecule has 2 aliphatic heterocycles. The van der Waals surface area contributed by atoms with Crippen molar-refractivity contribution in [3.8, 4) is 0 Å². The first-order valence-corrected chi connectivity index (χ1v) is 9.07. The Morgan fingerprint density at radius 3 is 2.71 bits per heavy atom. The van der Waals surface area contributed by atoms with Gasteiger partial charge in [0.15, 0.2) is 0 Å². The molecule has 124 valence electrons. The molecule has 2 amide bonds. The molecule has 2 aromatic rings. The zero-order valence-corrected chi connectivity index (χ0v) is 14.1. The van der Waals surface area contributed by atoms with Gasteiger partial charge < -0.3 is 15.5 Å². The molecule has 3 heterocycles. The van der Waals surface area contributed by atoms with Gasteiger partial charge in [0.1, 0.15) is 6.04 Å². The van der Waals surface area contributed by atoms with Crippen molar-refractivity contribution in [1.82, 2.24) is 4.90 Å². The number of likely N-dealkylation sites (tertiary alicyclic amines) is 1. The van der Waals surface area contributed by atoms with Gasteiger partial charge in [0.2, 0.25) is 5.91 Å². The number of rotatable bonds is 3. The second kappa shape index (κ2) is 6.28. The fourth-order valence-corrected chi connectivity index (χ4v) is 4.14. The van der Waals surface area contributed by atoms with Crippen LogP contribution in [0.15, 0.2) is 36.4 Å². The topological polar surface area (TPSA) is 61.4 Å². The summed E-state index contributed by atoms with van der Waals surface area (Å²) in [7, 11) is 0. The molecule has 1 aromatic heterocycles. The number of hydrogen-bond donors (Lipinski definition) is 2. The van der Waals surface area contributed by atoms with E-state index in [1.165, 1.54) is 11.3 Å². The van der Waals surface area contributed by atoms with Crippen LogP contribution in [0.2, 0.25) is 0 Å². The van der Waals surface area contributed by atoms with Gasteiger partial charge in [0.05, 0.1) is 9.88 Å². The first-order chi connectivity index (χ1) is 11.7. The van der Waals surface area contributed by atoms with Gasteiger partial charge in [-0.15, -0.1) is 11.3 Å². The van der Waals surface area contributed by atoms with Crippen LogP contribution in [-0.2, 0) is 11.2 Å². The lowest BCUT2D eigenvalue weighted by Crippen LogP contribution is -2.32. The summed E-state index contributed by atoms with van der Waals surface area (Å²) in [5.41, 5.74) is 2.18. The zero-order chi connectivity index (χ0) is 16.5. The fourth-order valence-electron chi connectivity index (χ4n) is 3.26. The second-order valence-electron chi connectivity index (χ2n) is 6.21. The van der Waals surface area contributed by atoms with Crippen molar-refractivity contribution in [2.24, 2.45) is 0 Å². The van der Waals surface area contributed by atoms with Gasteiger partial charge in [0, 0.05) is 25.2 Å². The van der Waals surface area contributed by atoms with Crippen LogP contribution in [-0.4, -0.2) is 35.8 Å². The zero-order valence-electron chi connectivity index (χ0n) is 13.2. The molecule has 0 radical (unpaired) electrons. The molecule has 0 saturated carbocycles. The fraction of sp³-hybridized carbons (Fsp3) is 0.333. The molecule has 5 nitrogen and oxygen atoms in total. The van der Waals surface area contributed by atoms with E-state index in [0.717, 1.165) is 42.2 Å². The number of anilines is 2. The van der Waals surface area contributed by atoms with Gasteiger partial charge >= 0.3 is 0 Å². The van der Waals surface area contributed by atoms with E-state index in [9.17, 15) is 9.59 Å². The molecule has 0 aliphatic carbocycles. The Morgan fingerprint density at radius 1 is 1.12 bits per heavy atom. The molecule has 4 rings (SSSR count).